The Morgan fingerprint density at radius 3 is 2.38 bits per heavy atom. The van der Waals surface area contributed by atoms with Crippen molar-refractivity contribution in [1.82, 2.24) is 5.32 Å². The Hall–Kier alpha value is -4.84. The molecule has 0 radical (unpaired) electrons. The quantitative estimate of drug-likeness (QED) is 0.218. The van der Waals surface area contributed by atoms with Crippen LogP contribution in [0.25, 0.3) is 11.1 Å². The maximum Gasteiger partial charge on any atom is 0.416 e. The van der Waals surface area contributed by atoms with E-state index in [-0.39, 0.29) is 36.5 Å². The number of carboxylic acid groups (broad SMARTS) is 1. The van der Waals surface area contributed by atoms with Crippen molar-refractivity contribution in [2.45, 2.75) is 36.9 Å². The van der Waals surface area contributed by atoms with Crippen LogP contribution in [0.2, 0.25) is 0 Å². The van der Waals surface area contributed by atoms with Crippen LogP contribution in [0.15, 0.2) is 95.9 Å². The summed E-state index contributed by atoms with van der Waals surface area (Å²) in [5, 5.41) is 11.8. The Kier molecular flexibility index (Phi) is 8.87. The van der Waals surface area contributed by atoms with Gasteiger partial charge in [0.15, 0.2) is 0 Å². The molecule has 12 heteroatoms. The Labute approximate surface area is 258 Å². The molecule has 1 aliphatic heterocycles. The minimum absolute atomic E-state index is 0.0845. The van der Waals surface area contributed by atoms with Crippen LogP contribution in [-0.4, -0.2) is 44.6 Å². The number of hydrogen-bond acceptors (Lipinski definition) is 5. The lowest BCUT2D eigenvalue weighted by molar-refractivity contribution is -0.138. The van der Waals surface area contributed by atoms with E-state index in [1.165, 1.54) is 36.4 Å². The van der Waals surface area contributed by atoms with Crippen molar-refractivity contribution in [1.29, 1.82) is 0 Å². The van der Waals surface area contributed by atoms with E-state index in [1.54, 1.807) is 49.4 Å². The lowest BCUT2D eigenvalue weighted by Gasteiger charge is -2.26. The Bertz CT molecular complexity index is 1840. The van der Waals surface area contributed by atoms with Crippen LogP contribution in [0, 0.1) is 6.92 Å². The monoisotopic (exact) mass is 638 g/mol. The van der Waals surface area contributed by atoms with Crippen molar-refractivity contribution in [2.24, 2.45) is 0 Å². The number of halogens is 3. The molecule has 0 saturated heterocycles. The Morgan fingerprint density at radius 1 is 0.956 bits per heavy atom. The number of alkyl halides is 3. The molecular formula is C33H29F3N2O6S. The number of benzene rings is 4. The first kappa shape index (κ1) is 31.6. The lowest BCUT2D eigenvalue weighted by Crippen LogP contribution is -2.48. The lowest BCUT2D eigenvalue weighted by atomic mass is 10.0. The van der Waals surface area contributed by atoms with Gasteiger partial charge in [-0.2, -0.15) is 13.2 Å². The summed E-state index contributed by atoms with van der Waals surface area (Å²) in [6, 6.07) is 21.0. The van der Waals surface area contributed by atoms with Crippen LogP contribution in [0.1, 0.15) is 22.3 Å². The van der Waals surface area contributed by atoms with E-state index in [2.05, 4.69) is 5.32 Å². The fourth-order valence-electron chi connectivity index (χ4n) is 5.24. The second-order valence-corrected chi connectivity index (χ2v) is 12.4. The molecule has 4 aromatic rings. The number of nitrogens with zero attached hydrogens (tertiary/aromatic N) is 1. The standard InChI is InChI=1S/C33H29F3N2O6S/c1-21-17-27(12-9-23(21)20-31(39)40)44-16-15-37-32(41)30-19-25-5-2-3-8-29(25)38(30)45(42,43)28-13-10-22(11-14-28)24-6-4-7-26(18-24)33(34,35)36/h2-14,17-18,30H,15-16,19-20H2,1H3,(H,37,41)(H,39,40)/t30-/m0/s1. The summed E-state index contributed by atoms with van der Waals surface area (Å²) < 4.78 is 74.2. The number of anilines is 1. The number of rotatable bonds is 10. The number of aliphatic carboxylic acids is 1. The van der Waals surface area contributed by atoms with Crippen LogP contribution in [0.4, 0.5) is 18.9 Å². The summed E-state index contributed by atoms with van der Waals surface area (Å²) in [5.41, 5.74) is 2.34. The highest BCUT2D eigenvalue weighted by Gasteiger charge is 2.42. The number of carbonyl (C=O) groups excluding carboxylic acids is 1. The number of hydrogen-bond donors (Lipinski definition) is 2. The number of carbonyl (C=O) groups is 2. The molecule has 8 nitrogen and oxygen atoms in total. The van der Waals surface area contributed by atoms with Gasteiger partial charge < -0.3 is 15.2 Å². The predicted molar refractivity (Wildman–Crippen MR) is 162 cm³/mol. The van der Waals surface area contributed by atoms with Gasteiger partial charge in [0.05, 0.1) is 29.1 Å². The zero-order valence-corrected chi connectivity index (χ0v) is 24.9. The first-order valence-corrected chi connectivity index (χ1v) is 15.4. The summed E-state index contributed by atoms with van der Waals surface area (Å²) in [4.78, 5) is 24.2. The largest absolute Gasteiger partial charge is 0.492 e. The van der Waals surface area contributed by atoms with E-state index in [9.17, 15) is 31.2 Å². The first-order chi connectivity index (χ1) is 21.3. The van der Waals surface area contributed by atoms with Gasteiger partial charge in [-0.25, -0.2) is 8.42 Å². The maximum absolute atomic E-state index is 13.9. The molecule has 0 spiro atoms. The normalized spacial score (nSPS) is 14.6. The zero-order chi connectivity index (χ0) is 32.4. The average Bonchev–Trinajstić information content (AvgIpc) is 3.41. The smallest absolute Gasteiger partial charge is 0.416 e. The molecule has 0 saturated carbocycles. The molecule has 1 atom stereocenters. The van der Waals surface area contributed by atoms with E-state index >= 15 is 0 Å². The number of para-hydroxylation sites is 1. The minimum atomic E-state index is -4.52. The molecule has 5 rings (SSSR count). The third kappa shape index (κ3) is 6.96. The van der Waals surface area contributed by atoms with Crippen LogP contribution in [-0.2, 0) is 38.6 Å². The molecule has 0 bridgehead atoms. The molecule has 45 heavy (non-hydrogen) atoms. The first-order valence-electron chi connectivity index (χ1n) is 14.0. The second kappa shape index (κ2) is 12.6. The fraction of sp³-hybridized carbons (Fsp3) is 0.212. The summed E-state index contributed by atoms with van der Waals surface area (Å²) in [5.74, 6) is -0.958. The van der Waals surface area contributed by atoms with E-state index in [0.29, 0.717) is 28.1 Å². The Morgan fingerprint density at radius 2 is 1.69 bits per heavy atom. The molecule has 0 fully saturated rings. The van der Waals surface area contributed by atoms with Crippen LogP contribution in [0.5, 0.6) is 5.75 Å². The van der Waals surface area contributed by atoms with Gasteiger partial charge in [0.25, 0.3) is 10.0 Å². The minimum Gasteiger partial charge on any atom is -0.492 e. The van der Waals surface area contributed by atoms with Crippen LogP contribution >= 0.6 is 0 Å². The van der Waals surface area contributed by atoms with Crippen molar-refractivity contribution >= 4 is 27.6 Å². The SMILES string of the molecule is Cc1cc(OCCNC(=O)[C@@H]2Cc3ccccc3N2S(=O)(=O)c2ccc(-c3cccc(C(F)(F)F)c3)cc2)ccc1CC(=O)O. The maximum atomic E-state index is 13.9. The van der Waals surface area contributed by atoms with Crippen molar-refractivity contribution in [2.75, 3.05) is 17.5 Å². The average molecular weight is 639 g/mol. The number of nitrogens with one attached hydrogen (secondary N) is 1. The molecular weight excluding hydrogens is 609 g/mol. The highest BCUT2D eigenvalue weighted by Crippen LogP contribution is 2.38. The van der Waals surface area contributed by atoms with Crippen LogP contribution in [0.3, 0.4) is 0 Å². The third-order valence-electron chi connectivity index (χ3n) is 7.49. The van der Waals surface area contributed by atoms with Gasteiger partial charge >= 0.3 is 12.1 Å². The van der Waals surface area contributed by atoms with Crippen molar-refractivity contribution in [3.05, 3.63) is 113 Å². The van der Waals surface area contributed by atoms with Gasteiger partial charge in [-0.1, -0.05) is 48.5 Å². The number of ether oxygens (including phenoxy) is 1. The molecule has 2 N–H and O–H groups in total. The molecule has 4 aromatic carbocycles. The highest BCUT2D eigenvalue weighted by molar-refractivity contribution is 7.93. The third-order valence-corrected chi connectivity index (χ3v) is 9.33. The number of aryl methyl sites for hydroxylation is 1. The molecule has 234 valence electrons. The highest BCUT2D eigenvalue weighted by atomic mass is 32.2. The van der Waals surface area contributed by atoms with Gasteiger partial charge in [-0.3, -0.25) is 13.9 Å². The van der Waals surface area contributed by atoms with E-state index in [1.807, 2.05) is 0 Å². The summed E-state index contributed by atoms with van der Waals surface area (Å²) in [6.07, 6.45) is -4.47. The van der Waals surface area contributed by atoms with Crippen molar-refractivity contribution in [3.8, 4) is 16.9 Å². The topological polar surface area (TPSA) is 113 Å². The molecule has 1 amide bonds. The van der Waals surface area contributed by atoms with Gasteiger partial charge in [0.2, 0.25) is 5.91 Å². The summed E-state index contributed by atoms with van der Waals surface area (Å²) in [7, 11) is -4.25. The van der Waals surface area contributed by atoms with Gasteiger partial charge in [-0.05, 0) is 77.2 Å². The predicted octanol–water partition coefficient (Wildman–Crippen LogP) is 5.62. The van der Waals surface area contributed by atoms with E-state index in [0.717, 1.165) is 22.0 Å². The zero-order valence-electron chi connectivity index (χ0n) is 24.0. The molecule has 0 aromatic heterocycles. The van der Waals surface area contributed by atoms with Gasteiger partial charge in [0.1, 0.15) is 18.4 Å². The number of carboxylic acids is 1. The van der Waals surface area contributed by atoms with Crippen molar-refractivity contribution < 1.29 is 41.0 Å². The van der Waals surface area contributed by atoms with Gasteiger partial charge in [-0.15, -0.1) is 0 Å². The Balaban J connectivity index is 1.30. The molecule has 0 aliphatic carbocycles. The summed E-state index contributed by atoms with van der Waals surface area (Å²) in [6.45, 7) is 1.95. The number of sulfonamides is 1. The second-order valence-electron chi connectivity index (χ2n) is 10.6. The molecule has 1 aliphatic rings. The van der Waals surface area contributed by atoms with Gasteiger partial charge in [0, 0.05) is 6.42 Å². The molecule has 1 heterocycles. The number of fused-ring (bicyclic) bond motifs is 1. The number of amides is 1. The molecule has 0 unspecified atom stereocenters. The fourth-order valence-corrected chi connectivity index (χ4v) is 6.89. The van der Waals surface area contributed by atoms with Crippen molar-refractivity contribution in [3.63, 3.8) is 0 Å². The summed E-state index contributed by atoms with van der Waals surface area (Å²) >= 11 is 0. The van der Waals surface area contributed by atoms with E-state index in [4.69, 9.17) is 9.84 Å². The van der Waals surface area contributed by atoms with E-state index < -0.39 is 39.7 Å². The van der Waals surface area contributed by atoms with Crippen LogP contribution < -0.4 is 14.4 Å².